The van der Waals surface area contributed by atoms with Crippen molar-refractivity contribution in [1.82, 2.24) is 4.98 Å². The quantitative estimate of drug-likeness (QED) is 0.905. The van der Waals surface area contributed by atoms with Gasteiger partial charge in [-0.05, 0) is 30.7 Å². The fourth-order valence-corrected chi connectivity index (χ4v) is 2.15. The Morgan fingerprint density at radius 2 is 1.89 bits per heavy atom. The summed E-state index contributed by atoms with van der Waals surface area (Å²) in [6.45, 7) is 1.94. The number of methoxy groups -OCH3 is 2. The first-order chi connectivity index (χ1) is 9.06. The van der Waals surface area contributed by atoms with E-state index >= 15 is 0 Å². The fraction of sp³-hybridized carbons (Fsp3) is 0.286. The maximum Gasteiger partial charge on any atom is 0.223 e. The van der Waals surface area contributed by atoms with Gasteiger partial charge in [0.2, 0.25) is 5.91 Å². The van der Waals surface area contributed by atoms with Crippen LogP contribution in [0.4, 0.5) is 0 Å². The Morgan fingerprint density at radius 1 is 1.26 bits per heavy atom. The van der Waals surface area contributed by atoms with Crippen molar-refractivity contribution in [3.63, 3.8) is 0 Å². The third kappa shape index (κ3) is 2.45. The van der Waals surface area contributed by atoms with Crippen LogP contribution >= 0.6 is 0 Å². The number of pyridine rings is 1. The van der Waals surface area contributed by atoms with Crippen LogP contribution < -0.4 is 15.2 Å². The second-order valence-electron chi connectivity index (χ2n) is 4.27. The van der Waals surface area contributed by atoms with Gasteiger partial charge in [-0.25, -0.2) is 4.98 Å². The first kappa shape index (κ1) is 13.1. The third-order valence-corrected chi connectivity index (χ3v) is 2.93. The smallest absolute Gasteiger partial charge is 0.223 e. The molecule has 5 heteroatoms. The number of hydrogen-bond donors (Lipinski definition) is 1. The van der Waals surface area contributed by atoms with E-state index in [-0.39, 0.29) is 6.42 Å². The van der Waals surface area contributed by atoms with Crippen molar-refractivity contribution in [2.75, 3.05) is 14.2 Å². The van der Waals surface area contributed by atoms with Crippen molar-refractivity contribution >= 4 is 16.8 Å². The summed E-state index contributed by atoms with van der Waals surface area (Å²) in [6.07, 6.45) is 0.108. The SMILES string of the molecule is COc1ccc(OC)c2c(C)cc(CC(N)=O)nc12. The predicted octanol–water partition coefficient (Wildman–Crippen LogP) is 1.59. The standard InChI is InChI=1S/C14H16N2O3/c1-8-6-9(7-12(15)17)16-14-11(19-3)5-4-10(18-2)13(8)14/h4-6H,7H2,1-3H3,(H2,15,17). The molecule has 0 atom stereocenters. The van der Waals surface area contributed by atoms with Crippen LogP contribution in [0.2, 0.25) is 0 Å². The molecule has 2 aromatic rings. The van der Waals surface area contributed by atoms with Crippen molar-refractivity contribution in [3.05, 3.63) is 29.5 Å². The van der Waals surface area contributed by atoms with E-state index in [0.29, 0.717) is 17.0 Å². The fourth-order valence-electron chi connectivity index (χ4n) is 2.15. The van der Waals surface area contributed by atoms with Gasteiger partial charge in [-0.3, -0.25) is 4.79 Å². The second-order valence-corrected chi connectivity index (χ2v) is 4.27. The van der Waals surface area contributed by atoms with Gasteiger partial charge in [0.25, 0.3) is 0 Å². The van der Waals surface area contributed by atoms with Gasteiger partial charge < -0.3 is 15.2 Å². The summed E-state index contributed by atoms with van der Waals surface area (Å²) >= 11 is 0. The Bertz CT molecular complexity index is 638. The molecule has 0 fully saturated rings. The number of carbonyl (C=O) groups excluding carboxylic acids is 1. The molecule has 0 aliphatic carbocycles. The molecule has 0 radical (unpaired) electrons. The van der Waals surface area contributed by atoms with Gasteiger partial charge in [0.05, 0.1) is 26.3 Å². The van der Waals surface area contributed by atoms with E-state index in [1.54, 1.807) is 20.3 Å². The Labute approximate surface area is 111 Å². The summed E-state index contributed by atoms with van der Waals surface area (Å²) < 4.78 is 10.6. The number of nitrogens with two attached hydrogens (primary N) is 1. The normalized spacial score (nSPS) is 10.5. The van der Waals surface area contributed by atoms with Crippen molar-refractivity contribution in [3.8, 4) is 11.5 Å². The number of carbonyl (C=O) groups is 1. The second kappa shape index (κ2) is 5.14. The van der Waals surface area contributed by atoms with Crippen molar-refractivity contribution < 1.29 is 14.3 Å². The van der Waals surface area contributed by atoms with Gasteiger partial charge in [-0.15, -0.1) is 0 Å². The van der Waals surface area contributed by atoms with Crippen LogP contribution in [0.15, 0.2) is 18.2 Å². The van der Waals surface area contributed by atoms with Crippen LogP contribution in [0.25, 0.3) is 10.9 Å². The largest absolute Gasteiger partial charge is 0.496 e. The zero-order valence-electron chi connectivity index (χ0n) is 11.2. The van der Waals surface area contributed by atoms with E-state index in [2.05, 4.69) is 4.98 Å². The molecule has 0 unspecified atom stereocenters. The van der Waals surface area contributed by atoms with Gasteiger partial charge in [0, 0.05) is 5.39 Å². The number of hydrogen-bond acceptors (Lipinski definition) is 4. The van der Waals surface area contributed by atoms with E-state index in [9.17, 15) is 4.79 Å². The van der Waals surface area contributed by atoms with Crippen LogP contribution in [0.3, 0.4) is 0 Å². The van der Waals surface area contributed by atoms with Gasteiger partial charge in [0.1, 0.15) is 17.0 Å². The number of rotatable bonds is 4. The van der Waals surface area contributed by atoms with E-state index in [1.807, 2.05) is 19.1 Å². The molecule has 1 aromatic heterocycles. The Morgan fingerprint density at radius 3 is 2.47 bits per heavy atom. The minimum Gasteiger partial charge on any atom is -0.496 e. The third-order valence-electron chi connectivity index (χ3n) is 2.93. The summed E-state index contributed by atoms with van der Waals surface area (Å²) in [4.78, 5) is 15.5. The molecule has 2 rings (SSSR count). The highest BCUT2D eigenvalue weighted by Crippen LogP contribution is 2.34. The maximum atomic E-state index is 11.0. The number of fused-ring (bicyclic) bond motifs is 1. The predicted molar refractivity (Wildman–Crippen MR) is 72.5 cm³/mol. The van der Waals surface area contributed by atoms with Crippen LogP contribution in [0, 0.1) is 6.92 Å². The van der Waals surface area contributed by atoms with E-state index in [0.717, 1.165) is 16.7 Å². The molecule has 0 saturated carbocycles. The minimum absolute atomic E-state index is 0.108. The zero-order valence-corrected chi connectivity index (χ0v) is 11.2. The highest BCUT2D eigenvalue weighted by atomic mass is 16.5. The highest BCUT2D eigenvalue weighted by molar-refractivity contribution is 5.93. The lowest BCUT2D eigenvalue weighted by Gasteiger charge is -2.12. The Hall–Kier alpha value is -2.30. The lowest BCUT2D eigenvalue weighted by Crippen LogP contribution is -2.14. The summed E-state index contributed by atoms with van der Waals surface area (Å²) in [7, 11) is 3.19. The molecular weight excluding hydrogens is 244 g/mol. The molecule has 19 heavy (non-hydrogen) atoms. The van der Waals surface area contributed by atoms with E-state index < -0.39 is 5.91 Å². The van der Waals surface area contributed by atoms with Gasteiger partial charge in [-0.1, -0.05) is 0 Å². The van der Waals surface area contributed by atoms with Crippen molar-refractivity contribution in [2.24, 2.45) is 5.73 Å². The zero-order chi connectivity index (χ0) is 14.0. The molecule has 1 heterocycles. The maximum absolute atomic E-state index is 11.0. The van der Waals surface area contributed by atoms with Gasteiger partial charge >= 0.3 is 0 Å². The van der Waals surface area contributed by atoms with Crippen molar-refractivity contribution in [2.45, 2.75) is 13.3 Å². The molecule has 2 N–H and O–H groups in total. The molecule has 0 aliphatic heterocycles. The lowest BCUT2D eigenvalue weighted by molar-refractivity contribution is -0.117. The van der Waals surface area contributed by atoms with Crippen molar-refractivity contribution in [1.29, 1.82) is 0 Å². The van der Waals surface area contributed by atoms with Crippen LogP contribution in [0.1, 0.15) is 11.3 Å². The minimum atomic E-state index is -0.409. The summed E-state index contributed by atoms with van der Waals surface area (Å²) in [5.41, 5.74) is 7.49. The first-order valence-electron chi connectivity index (χ1n) is 5.86. The van der Waals surface area contributed by atoms with E-state index in [4.69, 9.17) is 15.2 Å². The van der Waals surface area contributed by atoms with Gasteiger partial charge in [0.15, 0.2) is 0 Å². The molecule has 5 nitrogen and oxygen atoms in total. The molecule has 1 amide bonds. The topological polar surface area (TPSA) is 74.4 Å². The molecule has 0 aliphatic rings. The number of benzene rings is 1. The first-order valence-corrected chi connectivity index (χ1v) is 5.86. The summed E-state index contributed by atoms with van der Waals surface area (Å²) in [5, 5.41) is 0.884. The van der Waals surface area contributed by atoms with Crippen LogP contribution in [-0.4, -0.2) is 25.1 Å². The van der Waals surface area contributed by atoms with Crippen LogP contribution in [-0.2, 0) is 11.2 Å². The number of aryl methyl sites for hydroxylation is 1. The molecule has 0 saturated heterocycles. The summed E-state index contributed by atoms with van der Waals surface area (Å²) in [5.74, 6) is 0.963. The highest BCUT2D eigenvalue weighted by Gasteiger charge is 2.13. The number of aromatic nitrogens is 1. The van der Waals surface area contributed by atoms with Crippen LogP contribution in [0.5, 0.6) is 11.5 Å². The van der Waals surface area contributed by atoms with E-state index in [1.165, 1.54) is 0 Å². The number of nitrogens with zero attached hydrogens (tertiary/aromatic N) is 1. The number of amides is 1. The molecule has 100 valence electrons. The average Bonchev–Trinajstić information content (AvgIpc) is 2.36. The number of ether oxygens (including phenoxy) is 2. The van der Waals surface area contributed by atoms with Gasteiger partial charge in [-0.2, -0.15) is 0 Å². The monoisotopic (exact) mass is 260 g/mol. The molecule has 0 bridgehead atoms. The average molecular weight is 260 g/mol. The molecule has 0 spiro atoms. The Balaban J connectivity index is 2.74. The lowest BCUT2D eigenvalue weighted by atomic mass is 10.1. The molecular formula is C14H16N2O3. The Kier molecular flexibility index (Phi) is 3.55. The molecule has 1 aromatic carbocycles. The number of primary amides is 1. The summed E-state index contributed by atoms with van der Waals surface area (Å²) in [6, 6.07) is 5.47.